The monoisotopic (exact) mass is 353 g/mol. The lowest BCUT2D eigenvalue weighted by molar-refractivity contribution is 0.183. The summed E-state index contributed by atoms with van der Waals surface area (Å²) in [5.41, 5.74) is 1.99. The molecule has 2 heterocycles. The maximum Gasteiger partial charge on any atom is 0.317 e. The summed E-state index contributed by atoms with van der Waals surface area (Å²) >= 11 is 0. The number of nitrogens with one attached hydrogen (secondary N) is 2. The minimum atomic E-state index is 0.0548. The van der Waals surface area contributed by atoms with Crippen LogP contribution in [-0.4, -0.2) is 46.6 Å². The molecule has 1 aliphatic heterocycles. The lowest BCUT2D eigenvalue weighted by Gasteiger charge is -2.32. The molecule has 0 radical (unpaired) electrons. The van der Waals surface area contributed by atoms with E-state index in [-0.39, 0.29) is 6.03 Å². The molecule has 0 unspecified atom stereocenters. The van der Waals surface area contributed by atoms with Crippen LogP contribution >= 0.6 is 0 Å². The summed E-state index contributed by atoms with van der Waals surface area (Å²) in [6.45, 7) is 4.40. The van der Waals surface area contributed by atoms with Gasteiger partial charge in [-0.3, -0.25) is 0 Å². The molecule has 2 amide bonds. The van der Waals surface area contributed by atoms with Crippen LogP contribution in [0.5, 0.6) is 0 Å². The van der Waals surface area contributed by atoms with E-state index < -0.39 is 0 Å². The van der Waals surface area contributed by atoms with Crippen molar-refractivity contribution in [1.82, 2.24) is 20.2 Å². The molecule has 6 nitrogen and oxygen atoms in total. The van der Waals surface area contributed by atoms with Crippen molar-refractivity contribution in [2.45, 2.75) is 38.6 Å². The maximum absolute atomic E-state index is 12.1. The van der Waals surface area contributed by atoms with Crippen LogP contribution in [0.25, 0.3) is 11.3 Å². The lowest BCUT2D eigenvalue weighted by atomic mass is 10.1. The van der Waals surface area contributed by atoms with Gasteiger partial charge in [0.1, 0.15) is 0 Å². The molecular weight excluding hydrogens is 326 g/mol. The summed E-state index contributed by atoms with van der Waals surface area (Å²) < 4.78 is 0. The average molecular weight is 353 g/mol. The molecule has 0 saturated carbocycles. The van der Waals surface area contributed by atoms with Gasteiger partial charge in [0.25, 0.3) is 0 Å². The standard InChI is InChI=1S/C20H27N5O/c1-2-3-12-22-20(26)25-14-10-17(11-15-25)23-19-21-13-9-18(24-19)16-7-5-4-6-8-16/h4-9,13,17H,2-3,10-12,14-15H2,1H3,(H,22,26)(H,21,23,24). The van der Waals surface area contributed by atoms with Gasteiger partial charge in [0, 0.05) is 37.4 Å². The zero-order valence-corrected chi connectivity index (χ0v) is 15.3. The van der Waals surface area contributed by atoms with Crippen LogP contribution < -0.4 is 10.6 Å². The second-order valence-corrected chi connectivity index (χ2v) is 6.62. The summed E-state index contributed by atoms with van der Waals surface area (Å²) in [5, 5.41) is 6.41. The normalized spacial score (nSPS) is 14.9. The van der Waals surface area contributed by atoms with E-state index in [0.717, 1.165) is 56.6 Å². The largest absolute Gasteiger partial charge is 0.351 e. The molecule has 0 bridgehead atoms. The van der Waals surface area contributed by atoms with Gasteiger partial charge in [-0.05, 0) is 25.3 Å². The quantitative estimate of drug-likeness (QED) is 0.780. The van der Waals surface area contributed by atoms with Gasteiger partial charge in [0.05, 0.1) is 5.69 Å². The number of urea groups is 1. The first-order valence-electron chi connectivity index (χ1n) is 9.44. The fourth-order valence-corrected chi connectivity index (χ4v) is 3.09. The molecule has 0 atom stereocenters. The zero-order chi connectivity index (χ0) is 18.2. The average Bonchev–Trinajstić information content (AvgIpc) is 2.69. The molecule has 1 aromatic heterocycles. The van der Waals surface area contributed by atoms with Crippen LogP contribution in [0.1, 0.15) is 32.6 Å². The van der Waals surface area contributed by atoms with E-state index in [1.54, 1.807) is 6.20 Å². The third kappa shape index (κ3) is 4.94. The van der Waals surface area contributed by atoms with Crippen molar-refractivity contribution < 1.29 is 4.79 Å². The molecule has 6 heteroatoms. The van der Waals surface area contributed by atoms with Crippen molar-refractivity contribution >= 4 is 12.0 Å². The van der Waals surface area contributed by atoms with Gasteiger partial charge < -0.3 is 15.5 Å². The van der Waals surface area contributed by atoms with Crippen molar-refractivity contribution in [3.05, 3.63) is 42.6 Å². The van der Waals surface area contributed by atoms with E-state index in [4.69, 9.17) is 0 Å². The molecular formula is C20H27N5O. The molecule has 2 aromatic rings. The van der Waals surface area contributed by atoms with E-state index in [1.165, 1.54) is 0 Å². The van der Waals surface area contributed by atoms with E-state index in [9.17, 15) is 4.79 Å². The number of piperidine rings is 1. The highest BCUT2D eigenvalue weighted by Gasteiger charge is 2.23. The number of hydrogen-bond acceptors (Lipinski definition) is 4. The Hall–Kier alpha value is -2.63. The van der Waals surface area contributed by atoms with Gasteiger partial charge >= 0.3 is 6.03 Å². The number of nitrogens with zero attached hydrogens (tertiary/aromatic N) is 3. The number of carbonyl (C=O) groups excluding carboxylic acids is 1. The smallest absolute Gasteiger partial charge is 0.317 e. The molecule has 3 rings (SSSR count). The highest BCUT2D eigenvalue weighted by molar-refractivity contribution is 5.74. The Balaban J connectivity index is 1.51. The van der Waals surface area contributed by atoms with E-state index >= 15 is 0 Å². The molecule has 1 fully saturated rings. The topological polar surface area (TPSA) is 70.2 Å². The van der Waals surface area contributed by atoms with Gasteiger partial charge in [-0.25, -0.2) is 14.8 Å². The number of unbranched alkanes of at least 4 members (excludes halogenated alkanes) is 1. The first kappa shape index (κ1) is 18.2. The van der Waals surface area contributed by atoms with Crippen LogP contribution in [-0.2, 0) is 0 Å². The Labute approximate surface area is 155 Å². The Morgan fingerprint density at radius 1 is 1.19 bits per heavy atom. The lowest BCUT2D eigenvalue weighted by Crippen LogP contribution is -2.47. The number of rotatable bonds is 6. The highest BCUT2D eigenvalue weighted by Crippen LogP contribution is 2.19. The Bertz CT molecular complexity index is 698. The molecule has 0 aliphatic carbocycles. The minimum Gasteiger partial charge on any atom is -0.351 e. The molecule has 2 N–H and O–H groups in total. The van der Waals surface area contributed by atoms with Crippen LogP contribution in [0.3, 0.4) is 0 Å². The molecule has 26 heavy (non-hydrogen) atoms. The molecule has 1 saturated heterocycles. The number of anilines is 1. The number of hydrogen-bond donors (Lipinski definition) is 2. The third-order valence-electron chi connectivity index (χ3n) is 4.65. The van der Waals surface area contributed by atoms with Crippen LogP contribution in [0.2, 0.25) is 0 Å². The van der Waals surface area contributed by atoms with E-state index in [0.29, 0.717) is 12.0 Å². The van der Waals surface area contributed by atoms with E-state index in [1.807, 2.05) is 41.3 Å². The van der Waals surface area contributed by atoms with Crippen molar-refractivity contribution in [2.75, 3.05) is 25.0 Å². The number of likely N-dealkylation sites (tertiary alicyclic amines) is 1. The third-order valence-corrected chi connectivity index (χ3v) is 4.65. The fourth-order valence-electron chi connectivity index (χ4n) is 3.09. The van der Waals surface area contributed by atoms with Crippen molar-refractivity contribution in [3.63, 3.8) is 0 Å². The summed E-state index contributed by atoms with van der Waals surface area (Å²) in [6, 6.07) is 12.4. The predicted molar refractivity (Wildman–Crippen MR) is 104 cm³/mol. The van der Waals surface area contributed by atoms with E-state index in [2.05, 4.69) is 27.5 Å². The summed E-state index contributed by atoms with van der Waals surface area (Å²) in [7, 11) is 0. The summed E-state index contributed by atoms with van der Waals surface area (Å²) in [5.74, 6) is 0.650. The second-order valence-electron chi connectivity index (χ2n) is 6.62. The van der Waals surface area contributed by atoms with Gasteiger partial charge in [0.15, 0.2) is 0 Å². The van der Waals surface area contributed by atoms with Gasteiger partial charge in [-0.1, -0.05) is 43.7 Å². The highest BCUT2D eigenvalue weighted by atomic mass is 16.2. The Morgan fingerprint density at radius 3 is 2.69 bits per heavy atom. The molecule has 1 aliphatic rings. The van der Waals surface area contributed by atoms with Crippen LogP contribution in [0.4, 0.5) is 10.7 Å². The molecule has 1 aromatic carbocycles. The summed E-state index contributed by atoms with van der Waals surface area (Å²) in [4.78, 5) is 23.0. The number of carbonyl (C=O) groups is 1. The van der Waals surface area contributed by atoms with Crippen LogP contribution in [0.15, 0.2) is 42.6 Å². The Morgan fingerprint density at radius 2 is 1.96 bits per heavy atom. The molecule has 0 spiro atoms. The first-order valence-corrected chi connectivity index (χ1v) is 9.44. The minimum absolute atomic E-state index is 0.0548. The van der Waals surface area contributed by atoms with Gasteiger partial charge in [0.2, 0.25) is 5.95 Å². The maximum atomic E-state index is 12.1. The van der Waals surface area contributed by atoms with Gasteiger partial charge in [-0.15, -0.1) is 0 Å². The Kier molecular flexibility index (Phi) is 6.41. The molecule has 138 valence electrons. The fraction of sp³-hybridized carbons (Fsp3) is 0.450. The van der Waals surface area contributed by atoms with Crippen molar-refractivity contribution in [2.24, 2.45) is 0 Å². The summed E-state index contributed by atoms with van der Waals surface area (Å²) in [6.07, 6.45) is 5.71. The SMILES string of the molecule is CCCCNC(=O)N1CCC(Nc2nccc(-c3ccccc3)n2)CC1. The van der Waals surface area contributed by atoms with Crippen molar-refractivity contribution in [3.8, 4) is 11.3 Å². The van der Waals surface area contributed by atoms with Crippen molar-refractivity contribution in [1.29, 1.82) is 0 Å². The van der Waals surface area contributed by atoms with Gasteiger partial charge in [-0.2, -0.15) is 0 Å². The predicted octanol–water partition coefficient (Wildman–Crippen LogP) is 3.53. The number of amides is 2. The number of aromatic nitrogens is 2. The zero-order valence-electron chi connectivity index (χ0n) is 15.3. The van der Waals surface area contributed by atoms with Crippen LogP contribution in [0, 0.1) is 0 Å². The first-order chi connectivity index (χ1) is 12.8. The number of benzene rings is 1. The second kappa shape index (κ2) is 9.17.